The second-order valence-electron chi connectivity index (χ2n) is 4.94. The molecular formula is C19H16N2OS. The van der Waals surface area contributed by atoms with Crippen molar-refractivity contribution in [2.45, 2.75) is 10.6 Å². The first kappa shape index (κ1) is 15.3. The number of nitrogens with zero attached hydrogens (tertiary/aromatic N) is 1. The van der Waals surface area contributed by atoms with Crippen molar-refractivity contribution >= 4 is 23.4 Å². The molecule has 0 unspecified atom stereocenters. The number of para-hydroxylation sites is 1. The average molecular weight is 320 g/mol. The lowest BCUT2D eigenvalue weighted by atomic mass is 10.2. The van der Waals surface area contributed by atoms with E-state index in [0.29, 0.717) is 5.69 Å². The highest BCUT2D eigenvalue weighted by Gasteiger charge is 2.13. The number of carbonyl (C=O) groups excluding carboxylic acids is 1. The van der Waals surface area contributed by atoms with Gasteiger partial charge in [0.25, 0.3) is 5.91 Å². The minimum atomic E-state index is -0.188. The largest absolute Gasteiger partial charge is 0.321 e. The summed E-state index contributed by atoms with van der Waals surface area (Å²) in [6, 6.07) is 23.4. The molecule has 0 saturated carbocycles. The summed E-state index contributed by atoms with van der Waals surface area (Å²) in [4.78, 5) is 17.6. The molecule has 3 aromatic rings. The fraction of sp³-hybridized carbons (Fsp3) is 0.0526. The van der Waals surface area contributed by atoms with Crippen LogP contribution in [0.1, 0.15) is 16.1 Å². The molecule has 0 aliphatic rings. The Hall–Kier alpha value is -2.59. The summed E-state index contributed by atoms with van der Waals surface area (Å²) >= 11 is 1.62. The molecule has 1 heterocycles. The quantitative estimate of drug-likeness (QED) is 0.697. The fourth-order valence-corrected chi connectivity index (χ4v) is 3.10. The summed E-state index contributed by atoms with van der Waals surface area (Å²) in [5.74, 6) is 0.616. The van der Waals surface area contributed by atoms with Crippen molar-refractivity contribution in [2.24, 2.45) is 0 Å². The summed E-state index contributed by atoms with van der Waals surface area (Å²) in [5.41, 5.74) is 2.44. The molecule has 4 heteroatoms. The number of rotatable bonds is 5. The maximum atomic E-state index is 12.5. The van der Waals surface area contributed by atoms with Crippen molar-refractivity contribution in [3.8, 4) is 0 Å². The smallest absolute Gasteiger partial charge is 0.275 e. The number of thioether (sulfide) groups is 1. The van der Waals surface area contributed by atoms with Gasteiger partial charge in [-0.2, -0.15) is 0 Å². The normalized spacial score (nSPS) is 10.3. The second kappa shape index (κ2) is 7.61. The Bertz CT molecular complexity index is 776. The van der Waals surface area contributed by atoms with E-state index >= 15 is 0 Å². The molecule has 3 rings (SSSR count). The number of amides is 1. The first-order valence-electron chi connectivity index (χ1n) is 7.31. The number of anilines is 1. The van der Waals surface area contributed by atoms with Gasteiger partial charge in [-0.05, 0) is 29.8 Å². The van der Waals surface area contributed by atoms with Crippen LogP contribution in [0.5, 0.6) is 0 Å². The number of hydrogen-bond acceptors (Lipinski definition) is 3. The van der Waals surface area contributed by atoms with Crippen LogP contribution >= 0.6 is 11.8 Å². The molecule has 0 atom stereocenters. The van der Waals surface area contributed by atoms with Crippen molar-refractivity contribution in [3.63, 3.8) is 0 Å². The number of carbonyl (C=O) groups is 1. The zero-order valence-electron chi connectivity index (χ0n) is 12.5. The van der Waals surface area contributed by atoms with Crippen molar-refractivity contribution in [1.29, 1.82) is 0 Å². The van der Waals surface area contributed by atoms with Gasteiger partial charge in [0.15, 0.2) is 0 Å². The maximum Gasteiger partial charge on any atom is 0.275 e. The Morgan fingerprint density at radius 3 is 2.35 bits per heavy atom. The Morgan fingerprint density at radius 2 is 1.61 bits per heavy atom. The first-order chi connectivity index (χ1) is 11.3. The zero-order chi connectivity index (χ0) is 15.9. The second-order valence-corrected chi connectivity index (χ2v) is 5.96. The van der Waals surface area contributed by atoms with E-state index in [1.807, 2.05) is 60.7 Å². The molecule has 1 N–H and O–H groups in total. The molecule has 0 saturated heterocycles. The average Bonchev–Trinajstić information content (AvgIpc) is 2.62. The van der Waals surface area contributed by atoms with E-state index in [-0.39, 0.29) is 5.91 Å². The third kappa shape index (κ3) is 4.20. The molecule has 0 radical (unpaired) electrons. The van der Waals surface area contributed by atoms with Crippen LogP contribution in [0.2, 0.25) is 0 Å². The van der Waals surface area contributed by atoms with Crippen LogP contribution in [0.3, 0.4) is 0 Å². The van der Waals surface area contributed by atoms with Gasteiger partial charge in [-0.3, -0.25) is 4.79 Å². The highest BCUT2D eigenvalue weighted by atomic mass is 32.2. The van der Waals surface area contributed by atoms with Gasteiger partial charge in [-0.1, -0.05) is 48.5 Å². The summed E-state index contributed by atoms with van der Waals surface area (Å²) < 4.78 is 0. The monoisotopic (exact) mass is 320 g/mol. The highest BCUT2D eigenvalue weighted by Crippen LogP contribution is 2.25. The van der Waals surface area contributed by atoms with Gasteiger partial charge in [0, 0.05) is 22.5 Å². The van der Waals surface area contributed by atoms with E-state index in [1.165, 1.54) is 5.56 Å². The number of pyridine rings is 1. The van der Waals surface area contributed by atoms with E-state index in [0.717, 1.165) is 16.3 Å². The SMILES string of the molecule is O=C(Nc1ccccc1)c1ncccc1SCc1ccccc1. The molecule has 1 aromatic heterocycles. The third-order valence-electron chi connectivity index (χ3n) is 3.25. The van der Waals surface area contributed by atoms with Crippen LogP contribution in [-0.4, -0.2) is 10.9 Å². The van der Waals surface area contributed by atoms with Gasteiger partial charge < -0.3 is 5.32 Å². The Labute approximate surface area is 139 Å². The Kier molecular flexibility index (Phi) is 5.06. The molecule has 3 nitrogen and oxygen atoms in total. The van der Waals surface area contributed by atoms with E-state index in [4.69, 9.17) is 0 Å². The number of benzene rings is 2. The molecule has 23 heavy (non-hydrogen) atoms. The molecule has 2 aromatic carbocycles. The molecule has 0 aliphatic heterocycles. The number of nitrogens with one attached hydrogen (secondary N) is 1. The fourth-order valence-electron chi connectivity index (χ4n) is 2.12. The van der Waals surface area contributed by atoms with E-state index in [2.05, 4.69) is 22.4 Å². The molecule has 0 fully saturated rings. The lowest BCUT2D eigenvalue weighted by Crippen LogP contribution is -2.14. The maximum absolute atomic E-state index is 12.5. The standard InChI is InChI=1S/C19H16N2OS/c22-19(21-16-10-5-2-6-11-16)18-17(12-7-13-20-18)23-14-15-8-3-1-4-9-15/h1-13H,14H2,(H,21,22). The van der Waals surface area contributed by atoms with Gasteiger partial charge in [-0.15, -0.1) is 11.8 Å². The number of hydrogen-bond donors (Lipinski definition) is 1. The van der Waals surface area contributed by atoms with Crippen LogP contribution in [0.4, 0.5) is 5.69 Å². The van der Waals surface area contributed by atoms with Gasteiger partial charge >= 0.3 is 0 Å². The van der Waals surface area contributed by atoms with Crippen molar-refractivity contribution in [2.75, 3.05) is 5.32 Å². The minimum absolute atomic E-state index is 0.188. The summed E-state index contributed by atoms with van der Waals surface area (Å²) in [5, 5.41) is 2.88. The molecular weight excluding hydrogens is 304 g/mol. The lowest BCUT2D eigenvalue weighted by Gasteiger charge is -2.09. The summed E-state index contributed by atoms with van der Waals surface area (Å²) in [6.45, 7) is 0. The number of aromatic nitrogens is 1. The first-order valence-corrected chi connectivity index (χ1v) is 8.29. The van der Waals surface area contributed by atoms with E-state index in [9.17, 15) is 4.79 Å². The Morgan fingerprint density at radius 1 is 0.913 bits per heavy atom. The molecule has 0 bridgehead atoms. The van der Waals surface area contributed by atoms with Gasteiger partial charge in [0.2, 0.25) is 0 Å². The van der Waals surface area contributed by atoms with Crippen LogP contribution in [-0.2, 0) is 5.75 Å². The Balaban J connectivity index is 1.73. The minimum Gasteiger partial charge on any atom is -0.321 e. The van der Waals surface area contributed by atoms with Gasteiger partial charge in [-0.25, -0.2) is 4.98 Å². The lowest BCUT2D eigenvalue weighted by molar-refractivity contribution is 0.101. The topological polar surface area (TPSA) is 42.0 Å². The van der Waals surface area contributed by atoms with Crippen LogP contribution in [0.15, 0.2) is 83.9 Å². The van der Waals surface area contributed by atoms with Gasteiger partial charge in [0.05, 0.1) is 0 Å². The van der Waals surface area contributed by atoms with Crippen LogP contribution < -0.4 is 5.32 Å². The van der Waals surface area contributed by atoms with E-state index < -0.39 is 0 Å². The van der Waals surface area contributed by atoms with E-state index in [1.54, 1.807) is 18.0 Å². The molecule has 0 spiro atoms. The zero-order valence-corrected chi connectivity index (χ0v) is 13.3. The van der Waals surface area contributed by atoms with Crippen LogP contribution in [0.25, 0.3) is 0 Å². The molecule has 114 valence electrons. The summed E-state index contributed by atoms with van der Waals surface area (Å²) in [7, 11) is 0. The third-order valence-corrected chi connectivity index (χ3v) is 4.37. The van der Waals surface area contributed by atoms with Gasteiger partial charge in [0.1, 0.15) is 5.69 Å². The van der Waals surface area contributed by atoms with Crippen molar-refractivity contribution in [3.05, 3.63) is 90.3 Å². The van der Waals surface area contributed by atoms with Crippen molar-refractivity contribution < 1.29 is 4.79 Å². The van der Waals surface area contributed by atoms with Crippen molar-refractivity contribution in [1.82, 2.24) is 4.98 Å². The molecule has 0 aliphatic carbocycles. The van der Waals surface area contributed by atoms with Crippen LogP contribution in [0, 0.1) is 0 Å². The summed E-state index contributed by atoms with van der Waals surface area (Å²) in [6.07, 6.45) is 1.65. The highest BCUT2D eigenvalue weighted by molar-refractivity contribution is 7.98. The molecule has 1 amide bonds. The predicted molar refractivity (Wildman–Crippen MR) is 94.6 cm³/mol. The predicted octanol–water partition coefficient (Wildman–Crippen LogP) is 4.63.